The minimum atomic E-state index is -0.176. The Morgan fingerprint density at radius 2 is 1.90 bits per heavy atom. The summed E-state index contributed by atoms with van der Waals surface area (Å²) in [6.45, 7) is 3.32. The largest absolute Gasteiger partial charge is 0.461 e. The monoisotopic (exact) mass is 444 g/mol. The van der Waals surface area contributed by atoms with Crippen molar-refractivity contribution in [2.24, 2.45) is 0 Å². The molecule has 4 rings (SSSR count). The first-order valence-electron chi connectivity index (χ1n) is 9.94. The Kier molecular flexibility index (Phi) is 6.67. The van der Waals surface area contributed by atoms with Crippen molar-refractivity contribution in [3.63, 3.8) is 0 Å². The molecular formula is C22H22Cl2N4O2. The van der Waals surface area contributed by atoms with E-state index >= 15 is 0 Å². The number of rotatable bonds is 6. The summed E-state index contributed by atoms with van der Waals surface area (Å²) >= 11 is 12.3. The highest BCUT2D eigenvalue weighted by atomic mass is 35.5. The first kappa shape index (κ1) is 20.8. The quantitative estimate of drug-likeness (QED) is 0.482. The van der Waals surface area contributed by atoms with Gasteiger partial charge in [-0.25, -0.2) is 9.97 Å². The maximum absolute atomic E-state index is 12.9. The molecule has 2 aliphatic rings. The van der Waals surface area contributed by atoms with Gasteiger partial charge in [-0.15, -0.1) is 0 Å². The molecular weight excluding hydrogens is 423 g/mol. The van der Waals surface area contributed by atoms with E-state index in [-0.39, 0.29) is 11.1 Å². The van der Waals surface area contributed by atoms with E-state index in [4.69, 9.17) is 27.9 Å². The topological polar surface area (TPSA) is 58.6 Å². The van der Waals surface area contributed by atoms with Crippen molar-refractivity contribution in [2.45, 2.75) is 19.3 Å². The molecule has 0 unspecified atom stereocenters. The molecule has 1 aromatic carbocycles. The lowest BCUT2D eigenvalue weighted by Gasteiger charge is -2.27. The average Bonchev–Trinajstić information content (AvgIpc) is 2.88. The molecule has 2 aliphatic heterocycles. The molecule has 0 spiro atoms. The van der Waals surface area contributed by atoms with Crippen LogP contribution < -0.4 is 4.74 Å². The molecule has 30 heavy (non-hydrogen) atoms. The zero-order chi connectivity index (χ0) is 20.9. The van der Waals surface area contributed by atoms with E-state index in [1.807, 2.05) is 6.07 Å². The van der Waals surface area contributed by atoms with Gasteiger partial charge >= 0.3 is 0 Å². The number of amides is 1. The highest BCUT2D eigenvalue weighted by Crippen LogP contribution is 2.30. The van der Waals surface area contributed by atoms with Crippen molar-refractivity contribution in [2.75, 3.05) is 26.2 Å². The number of ether oxygens (including phenoxy) is 1. The van der Waals surface area contributed by atoms with Crippen LogP contribution in [0.25, 0.3) is 5.57 Å². The predicted octanol–water partition coefficient (Wildman–Crippen LogP) is 4.57. The van der Waals surface area contributed by atoms with Gasteiger partial charge in [0.15, 0.2) is 5.82 Å². The molecule has 0 radical (unpaired) electrons. The van der Waals surface area contributed by atoms with Gasteiger partial charge < -0.3 is 4.74 Å². The lowest BCUT2D eigenvalue weighted by molar-refractivity contribution is 0.0814. The molecule has 156 valence electrons. The fourth-order valence-corrected chi connectivity index (χ4v) is 3.99. The molecule has 0 atom stereocenters. The SMILES string of the molecule is O=C1c2ccc(Cl)cc2OC=C(Cl)N1CCCCN1CCC=C(c2ncccn2)C1. The van der Waals surface area contributed by atoms with Crippen molar-refractivity contribution >= 4 is 34.7 Å². The smallest absolute Gasteiger partial charge is 0.262 e. The molecule has 0 bridgehead atoms. The number of nitrogens with zero attached hydrogens (tertiary/aromatic N) is 4. The normalized spacial score (nSPS) is 17.0. The fraction of sp³-hybridized carbons (Fsp3) is 0.318. The predicted molar refractivity (Wildman–Crippen MR) is 117 cm³/mol. The van der Waals surface area contributed by atoms with Crippen LogP contribution in [0, 0.1) is 0 Å². The van der Waals surface area contributed by atoms with E-state index < -0.39 is 0 Å². The van der Waals surface area contributed by atoms with Crippen LogP contribution in [0.2, 0.25) is 5.02 Å². The summed E-state index contributed by atoms with van der Waals surface area (Å²) in [5.74, 6) is 1.04. The summed E-state index contributed by atoms with van der Waals surface area (Å²) in [6, 6.07) is 6.80. The number of aromatic nitrogens is 2. The number of halogens is 2. The standard InChI is InChI=1S/C22H22Cl2N4O2/c23-17-6-7-18-19(13-17)30-15-20(24)28(22(18)29)12-2-1-10-27-11-3-5-16(14-27)21-25-8-4-9-26-21/h4-9,13,15H,1-3,10-12,14H2. The number of hydrogen-bond acceptors (Lipinski definition) is 5. The van der Waals surface area contributed by atoms with Crippen molar-refractivity contribution in [1.82, 2.24) is 19.8 Å². The zero-order valence-electron chi connectivity index (χ0n) is 16.4. The van der Waals surface area contributed by atoms with Crippen LogP contribution in [-0.2, 0) is 0 Å². The van der Waals surface area contributed by atoms with Crippen LogP contribution in [0.1, 0.15) is 35.4 Å². The second kappa shape index (κ2) is 9.60. The Hall–Kier alpha value is -2.41. The summed E-state index contributed by atoms with van der Waals surface area (Å²) in [5, 5.41) is 0.784. The number of hydrogen-bond donors (Lipinski definition) is 0. The molecule has 0 fully saturated rings. The minimum Gasteiger partial charge on any atom is -0.461 e. The van der Waals surface area contributed by atoms with E-state index in [9.17, 15) is 4.79 Å². The van der Waals surface area contributed by atoms with E-state index in [1.165, 1.54) is 11.8 Å². The number of benzene rings is 1. The summed E-state index contributed by atoms with van der Waals surface area (Å²) < 4.78 is 5.53. The summed E-state index contributed by atoms with van der Waals surface area (Å²) in [5.41, 5.74) is 1.63. The Morgan fingerprint density at radius 1 is 1.10 bits per heavy atom. The summed E-state index contributed by atoms with van der Waals surface area (Å²) in [4.78, 5) is 25.6. The van der Waals surface area contributed by atoms with Crippen LogP contribution in [0.5, 0.6) is 5.75 Å². The molecule has 8 heteroatoms. The number of carbonyl (C=O) groups excluding carboxylic acids is 1. The van der Waals surface area contributed by atoms with Crippen molar-refractivity contribution < 1.29 is 9.53 Å². The summed E-state index contributed by atoms with van der Waals surface area (Å²) in [6.07, 6.45) is 9.92. The fourth-order valence-electron chi connectivity index (χ4n) is 3.63. The van der Waals surface area contributed by atoms with E-state index in [0.717, 1.165) is 44.7 Å². The van der Waals surface area contributed by atoms with Crippen LogP contribution in [0.4, 0.5) is 0 Å². The lowest BCUT2D eigenvalue weighted by atomic mass is 10.1. The third-order valence-electron chi connectivity index (χ3n) is 5.15. The lowest BCUT2D eigenvalue weighted by Crippen LogP contribution is -2.32. The molecule has 2 aromatic rings. The van der Waals surface area contributed by atoms with Crippen LogP contribution in [0.3, 0.4) is 0 Å². The van der Waals surface area contributed by atoms with Gasteiger partial charge in [0.1, 0.15) is 17.2 Å². The number of carbonyl (C=O) groups is 1. The maximum atomic E-state index is 12.9. The van der Waals surface area contributed by atoms with Crippen molar-refractivity contribution in [3.05, 3.63) is 70.6 Å². The molecule has 0 aliphatic carbocycles. The van der Waals surface area contributed by atoms with E-state index in [1.54, 1.807) is 35.5 Å². The second-order valence-corrected chi connectivity index (χ2v) is 8.05. The second-order valence-electron chi connectivity index (χ2n) is 7.23. The Labute approximate surface area is 185 Å². The third-order valence-corrected chi connectivity index (χ3v) is 5.68. The van der Waals surface area contributed by atoms with Crippen LogP contribution in [0.15, 0.2) is 54.2 Å². The first-order chi connectivity index (χ1) is 14.6. The zero-order valence-corrected chi connectivity index (χ0v) is 17.9. The molecule has 6 nitrogen and oxygen atoms in total. The van der Waals surface area contributed by atoms with Crippen molar-refractivity contribution in [3.8, 4) is 5.75 Å². The van der Waals surface area contributed by atoms with Gasteiger partial charge in [-0.2, -0.15) is 0 Å². The van der Waals surface area contributed by atoms with Gasteiger partial charge in [-0.3, -0.25) is 14.6 Å². The minimum absolute atomic E-state index is 0.176. The molecule has 1 amide bonds. The molecule has 3 heterocycles. The molecule has 0 N–H and O–H groups in total. The van der Waals surface area contributed by atoms with Gasteiger partial charge in [0.25, 0.3) is 5.91 Å². The third kappa shape index (κ3) is 4.83. The highest BCUT2D eigenvalue weighted by molar-refractivity contribution is 6.31. The molecule has 0 saturated carbocycles. The Morgan fingerprint density at radius 3 is 2.73 bits per heavy atom. The van der Waals surface area contributed by atoms with E-state index in [2.05, 4.69) is 20.9 Å². The average molecular weight is 445 g/mol. The highest BCUT2D eigenvalue weighted by Gasteiger charge is 2.25. The van der Waals surface area contributed by atoms with Crippen LogP contribution in [-0.4, -0.2) is 51.9 Å². The van der Waals surface area contributed by atoms with Gasteiger partial charge in [0.2, 0.25) is 0 Å². The van der Waals surface area contributed by atoms with Gasteiger partial charge in [0, 0.05) is 48.7 Å². The van der Waals surface area contributed by atoms with E-state index in [0.29, 0.717) is 22.9 Å². The summed E-state index contributed by atoms with van der Waals surface area (Å²) in [7, 11) is 0. The van der Waals surface area contributed by atoms with Crippen LogP contribution >= 0.6 is 23.2 Å². The Bertz CT molecular complexity index is 978. The van der Waals surface area contributed by atoms with Crippen molar-refractivity contribution in [1.29, 1.82) is 0 Å². The first-order valence-corrected chi connectivity index (χ1v) is 10.7. The maximum Gasteiger partial charge on any atom is 0.262 e. The van der Waals surface area contributed by atoms with Gasteiger partial charge in [-0.05, 0) is 44.0 Å². The van der Waals surface area contributed by atoms with Gasteiger partial charge in [-0.1, -0.05) is 29.3 Å². The number of fused-ring (bicyclic) bond motifs is 1. The number of unbranched alkanes of at least 4 members (excludes halogenated alkanes) is 1. The molecule has 1 aromatic heterocycles. The van der Waals surface area contributed by atoms with Gasteiger partial charge in [0.05, 0.1) is 5.56 Å². The Balaban J connectivity index is 1.30. The molecule has 0 saturated heterocycles.